The first kappa shape index (κ1) is 25.6. The number of alkyl halides is 3. The van der Waals surface area contributed by atoms with Crippen molar-refractivity contribution in [3.05, 3.63) is 72.8 Å². The van der Waals surface area contributed by atoms with E-state index in [0.717, 1.165) is 57.4 Å². The molecular formula is C26H27F3N8O. The van der Waals surface area contributed by atoms with Gasteiger partial charge in [0.05, 0.1) is 18.9 Å². The Labute approximate surface area is 217 Å². The highest BCUT2D eigenvalue weighted by Crippen LogP contribution is 2.30. The van der Waals surface area contributed by atoms with E-state index in [0.29, 0.717) is 22.7 Å². The minimum atomic E-state index is -4.57. The predicted molar refractivity (Wildman–Crippen MR) is 138 cm³/mol. The number of halogens is 3. The van der Waals surface area contributed by atoms with Crippen molar-refractivity contribution in [3.63, 3.8) is 0 Å². The van der Waals surface area contributed by atoms with E-state index >= 15 is 0 Å². The topological polar surface area (TPSA) is 92.5 Å². The zero-order valence-electron chi connectivity index (χ0n) is 20.6. The van der Waals surface area contributed by atoms with Crippen molar-refractivity contribution in [1.82, 2.24) is 34.8 Å². The highest BCUT2D eigenvalue weighted by molar-refractivity contribution is 5.81. The zero-order chi connectivity index (χ0) is 26.5. The van der Waals surface area contributed by atoms with E-state index in [1.807, 2.05) is 6.07 Å². The Bertz CT molecular complexity index is 1420. The van der Waals surface area contributed by atoms with E-state index < -0.39 is 11.9 Å². The second-order valence-corrected chi connectivity index (χ2v) is 8.79. The lowest BCUT2D eigenvalue weighted by molar-refractivity contribution is -0.141. The van der Waals surface area contributed by atoms with Gasteiger partial charge in [0.15, 0.2) is 5.82 Å². The maximum atomic E-state index is 13.2. The van der Waals surface area contributed by atoms with Gasteiger partial charge in [-0.25, -0.2) is 14.5 Å². The summed E-state index contributed by atoms with van der Waals surface area (Å²) in [5.74, 6) is 0.463. The number of nitrogens with one attached hydrogen (secondary N) is 2. The highest BCUT2D eigenvalue weighted by Gasteiger charge is 2.32. The summed E-state index contributed by atoms with van der Waals surface area (Å²) in [4.78, 5) is 14.9. The molecule has 4 aromatic rings. The van der Waals surface area contributed by atoms with Crippen LogP contribution in [0.3, 0.4) is 0 Å². The van der Waals surface area contributed by atoms with Crippen LogP contribution in [0.4, 0.5) is 24.7 Å². The molecule has 0 radical (unpaired) electrons. The fourth-order valence-corrected chi connectivity index (χ4v) is 4.19. The molecule has 0 spiro atoms. The molecule has 4 aromatic heterocycles. The van der Waals surface area contributed by atoms with Crippen LogP contribution in [0.2, 0.25) is 0 Å². The van der Waals surface area contributed by atoms with Crippen LogP contribution < -0.4 is 10.6 Å². The van der Waals surface area contributed by atoms with Crippen LogP contribution in [0.15, 0.2) is 61.6 Å². The molecule has 9 nitrogen and oxygen atoms in total. The van der Waals surface area contributed by atoms with Gasteiger partial charge >= 0.3 is 6.18 Å². The smallest absolute Gasteiger partial charge is 0.385 e. The molecule has 2 N–H and O–H groups in total. The zero-order valence-corrected chi connectivity index (χ0v) is 20.6. The first-order valence-electron chi connectivity index (χ1n) is 12.2. The Morgan fingerprint density at radius 1 is 1.08 bits per heavy atom. The number of pyridine rings is 2. The molecule has 0 aliphatic carbocycles. The molecule has 1 fully saturated rings. The number of ether oxygens (including phenoxy) is 1. The van der Waals surface area contributed by atoms with Crippen molar-refractivity contribution in [1.29, 1.82) is 0 Å². The van der Waals surface area contributed by atoms with Crippen LogP contribution in [-0.2, 0) is 10.9 Å². The third-order valence-electron chi connectivity index (χ3n) is 6.15. The van der Waals surface area contributed by atoms with E-state index in [1.54, 1.807) is 35.2 Å². The highest BCUT2D eigenvalue weighted by atomic mass is 19.4. The predicted octanol–water partition coefficient (Wildman–Crippen LogP) is 4.23. The number of nitrogens with zero attached hydrogens (tertiary/aromatic N) is 6. The molecule has 198 valence electrons. The number of hydrogen-bond donors (Lipinski definition) is 2. The van der Waals surface area contributed by atoms with Crippen LogP contribution in [0.1, 0.15) is 17.7 Å². The van der Waals surface area contributed by atoms with Gasteiger partial charge in [-0.05, 0) is 43.3 Å². The van der Waals surface area contributed by atoms with E-state index in [4.69, 9.17) is 4.74 Å². The van der Waals surface area contributed by atoms with Crippen LogP contribution in [0, 0.1) is 0 Å². The van der Waals surface area contributed by atoms with E-state index in [2.05, 4.69) is 42.2 Å². The lowest BCUT2D eigenvalue weighted by Crippen LogP contribution is -2.37. The Hall–Kier alpha value is -4.03. The lowest BCUT2D eigenvalue weighted by Gasteiger charge is -2.26. The summed E-state index contributed by atoms with van der Waals surface area (Å²) in [6.45, 7) is 9.34. The Kier molecular flexibility index (Phi) is 7.52. The second-order valence-electron chi connectivity index (χ2n) is 8.79. The molecule has 5 heterocycles. The number of fused-ring (bicyclic) bond motifs is 1. The minimum Gasteiger partial charge on any atom is -0.385 e. The van der Waals surface area contributed by atoms with Crippen LogP contribution in [-0.4, -0.2) is 68.9 Å². The van der Waals surface area contributed by atoms with Crippen molar-refractivity contribution in [3.8, 4) is 11.5 Å². The number of aromatic nitrogens is 5. The lowest BCUT2D eigenvalue weighted by atomic mass is 10.1. The molecule has 0 bridgehead atoms. The quantitative estimate of drug-likeness (QED) is 0.315. The van der Waals surface area contributed by atoms with Gasteiger partial charge in [0.1, 0.15) is 16.9 Å². The summed E-state index contributed by atoms with van der Waals surface area (Å²) in [6, 6.07) is 9.03. The fourth-order valence-electron chi connectivity index (χ4n) is 4.19. The summed E-state index contributed by atoms with van der Waals surface area (Å²) in [5, 5.41) is 11.0. The first-order valence-corrected chi connectivity index (χ1v) is 12.2. The summed E-state index contributed by atoms with van der Waals surface area (Å²) in [5.41, 5.74) is 1.79. The maximum Gasteiger partial charge on any atom is 0.433 e. The van der Waals surface area contributed by atoms with Gasteiger partial charge in [0.25, 0.3) is 0 Å². The molecule has 1 saturated heterocycles. The molecule has 0 aromatic carbocycles. The molecular weight excluding hydrogens is 497 g/mol. The number of morpholine rings is 1. The first-order chi connectivity index (χ1) is 18.4. The van der Waals surface area contributed by atoms with Crippen molar-refractivity contribution in [2.75, 3.05) is 44.7 Å². The normalized spacial score (nSPS) is 14.5. The largest absolute Gasteiger partial charge is 0.433 e. The van der Waals surface area contributed by atoms with E-state index in [9.17, 15) is 13.2 Å². The van der Waals surface area contributed by atoms with Gasteiger partial charge < -0.3 is 15.4 Å². The van der Waals surface area contributed by atoms with E-state index in [-0.39, 0.29) is 11.5 Å². The molecule has 12 heteroatoms. The van der Waals surface area contributed by atoms with Gasteiger partial charge in [-0.15, -0.1) is 5.10 Å². The van der Waals surface area contributed by atoms with E-state index in [1.165, 1.54) is 12.1 Å². The molecule has 5 rings (SSSR count). The minimum absolute atomic E-state index is 0.0137. The fraction of sp³-hybridized carbons (Fsp3) is 0.308. The third kappa shape index (κ3) is 5.92. The number of anilines is 2. The van der Waals surface area contributed by atoms with Crippen molar-refractivity contribution in [2.45, 2.75) is 12.6 Å². The third-order valence-corrected chi connectivity index (χ3v) is 6.15. The SMILES string of the molecule is C=C(NCCCN1CCOCC1)c1cnccc1Nc1nc(-c2cccc(C(F)(F)F)n2)nn2cccc12. The van der Waals surface area contributed by atoms with Crippen molar-refractivity contribution < 1.29 is 17.9 Å². The Balaban J connectivity index is 1.35. The Morgan fingerprint density at radius 3 is 2.74 bits per heavy atom. The van der Waals surface area contributed by atoms with Crippen LogP contribution in [0.25, 0.3) is 22.7 Å². The van der Waals surface area contributed by atoms with Gasteiger partial charge in [0.2, 0.25) is 5.82 Å². The van der Waals surface area contributed by atoms with Crippen LogP contribution in [0.5, 0.6) is 0 Å². The molecule has 0 atom stereocenters. The van der Waals surface area contributed by atoms with Gasteiger partial charge in [0, 0.05) is 49.5 Å². The van der Waals surface area contributed by atoms with Crippen LogP contribution >= 0.6 is 0 Å². The van der Waals surface area contributed by atoms with Crippen molar-refractivity contribution in [2.24, 2.45) is 0 Å². The molecule has 0 saturated carbocycles. The van der Waals surface area contributed by atoms with Crippen molar-refractivity contribution >= 4 is 22.7 Å². The summed E-state index contributed by atoms with van der Waals surface area (Å²) in [6.07, 6.45) is 1.42. The maximum absolute atomic E-state index is 13.2. The van der Waals surface area contributed by atoms with Gasteiger partial charge in [-0.3, -0.25) is 9.88 Å². The molecule has 1 aliphatic heterocycles. The monoisotopic (exact) mass is 524 g/mol. The standard InChI is InChI=1S/C26H27F3N8O/c1-18(31-9-4-11-36-13-15-38-16-14-36)19-17-30-10-8-20(19)33-25-22-6-3-12-37(22)35-24(34-25)21-5-2-7-23(32-21)26(27,28)29/h2-3,5-8,10,12,17,31H,1,4,9,11,13-16H2,(H,30,33,34,35). The van der Waals surface area contributed by atoms with Gasteiger partial charge in [-0.1, -0.05) is 12.6 Å². The number of hydrogen-bond acceptors (Lipinski definition) is 8. The Morgan fingerprint density at radius 2 is 1.92 bits per heavy atom. The summed E-state index contributed by atoms with van der Waals surface area (Å²) >= 11 is 0. The number of rotatable bonds is 9. The molecule has 0 amide bonds. The summed E-state index contributed by atoms with van der Waals surface area (Å²) < 4.78 is 46.6. The molecule has 0 unspecified atom stereocenters. The molecule has 38 heavy (non-hydrogen) atoms. The van der Waals surface area contributed by atoms with Gasteiger partial charge in [-0.2, -0.15) is 13.2 Å². The average molecular weight is 525 g/mol. The second kappa shape index (κ2) is 11.2. The average Bonchev–Trinajstić information content (AvgIpc) is 3.41. The molecule has 1 aliphatic rings. The summed E-state index contributed by atoms with van der Waals surface area (Å²) in [7, 11) is 0.